The van der Waals surface area contributed by atoms with E-state index in [1.165, 1.54) is 0 Å². The lowest BCUT2D eigenvalue weighted by atomic mass is 9.90. The molecule has 3 unspecified atom stereocenters. The van der Waals surface area contributed by atoms with Crippen molar-refractivity contribution in [2.45, 2.75) is 37.0 Å². The van der Waals surface area contributed by atoms with Crippen LogP contribution in [-0.4, -0.2) is 58.1 Å². The van der Waals surface area contributed by atoms with Crippen molar-refractivity contribution >= 4 is 40.9 Å². The van der Waals surface area contributed by atoms with E-state index >= 15 is 0 Å². The molecular weight excluding hydrogens is 556 g/mol. The summed E-state index contributed by atoms with van der Waals surface area (Å²) in [4.78, 5) is 51.4. The molecule has 22 heteroatoms. The van der Waals surface area contributed by atoms with Crippen LogP contribution in [-0.2, 0) is 31.6 Å². The van der Waals surface area contributed by atoms with Gasteiger partial charge in [-0.3, -0.25) is 9.09 Å². The summed E-state index contributed by atoms with van der Waals surface area (Å²) in [5.74, 6) is 0.222. The van der Waals surface area contributed by atoms with Crippen LogP contribution in [0.4, 0.5) is 10.2 Å². The molecule has 1 aromatic heterocycles. The Labute approximate surface area is 193 Å². The van der Waals surface area contributed by atoms with Gasteiger partial charge in [-0.05, 0) is 18.5 Å². The minimum atomic E-state index is -5.83. The number of nitrogens with zero attached hydrogens (tertiary/aromatic N) is 2. The maximum atomic E-state index is 13.9. The van der Waals surface area contributed by atoms with Gasteiger partial charge in [0.15, 0.2) is 23.4 Å². The molecule has 1 fully saturated rings. The molecule has 2 heterocycles. The van der Waals surface area contributed by atoms with Gasteiger partial charge < -0.3 is 40.9 Å². The Morgan fingerprint density at radius 1 is 1.29 bits per heavy atom. The fourth-order valence-electron chi connectivity index (χ4n) is 2.83. The summed E-state index contributed by atoms with van der Waals surface area (Å²) in [6, 6.07) is 0. The Bertz CT molecular complexity index is 1220. The number of phosphoric acid groups is 3. The average molecular weight is 573 g/mol. The Balaban J connectivity index is 2.35. The summed E-state index contributed by atoms with van der Waals surface area (Å²) in [5, 5.41) is 12.5. The zero-order valence-corrected chi connectivity index (χ0v) is 20.0. The molecule has 34 heavy (non-hydrogen) atoms. The van der Waals surface area contributed by atoms with Crippen LogP contribution in [0, 0.1) is 17.1 Å². The summed E-state index contributed by atoms with van der Waals surface area (Å²) in [5.41, 5.74) is 7.78. The van der Waals surface area contributed by atoms with Crippen molar-refractivity contribution in [3.8, 4) is 11.3 Å². The number of hydrogen-bond acceptors (Lipinski definition) is 12. The summed E-state index contributed by atoms with van der Waals surface area (Å²) in [7, 11) is -17.1. The highest BCUT2D eigenvalue weighted by Crippen LogP contribution is 2.66. The quantitative estimate of drug-likeness (QED) is 0.143. The van der Waals surface area contributed by atoms with E-state index in [4.69, 9.17) is 37.6 Å². The van der Waals surface area contributed by atoms with Crippen molar-refractivity contribution in [2.24, 2.45) is 5.73 Å². The third-order valence-corrected chi connectivity index (χ3v) is 8.14. The molecule has 2 rings (SSSR count). The highest BCUT2D eigenvalue weighted by Gasteiger charge is 2.57. The molecule has 0 saturated carbocycles. The molecule has 192 valence electrons. The molecule has 7 atom stereocenters. The lowest BCUT2D eigenvalue weighted by Crippen LogP contribution is -2.55. The van der Waals surface area contributed by atoms with Crippen molar-refractivity contribution < 1.29 is 60.6 Å². The van der Waals surface area contributed by atoms with Gasteiger partial charge in [0.25, 0.3) is 0 Å². The Morgan fingerprint density at radius 3 is 2.41 bits per heavy atom. The number of aliphatic hydroxyl groups excluding tert-OH is 1. The van der Waals surface area contributed by atoms with E-state index in [1.807, 2.05) is 5.38 Å². The van der Waals surface area contributed by atoms with Crippen LogP contribution in [0.3, 0.4) is 0 Å². The van der Waals surface area contributed by atoms with Crippen molar-refractivity contribution in [1.82, 2.24) is 9.55 Å². The summed E-state index contributed by atoms with van der Waals surface area (Å²) in [6.45, 7) is 0.966. The molecule has 0 aliphatic carbocycles. The number of halogens is 2. The first-order valence-corrected chi connectivity index (χ1v) is 13.3. The molecular formula is C12H17ClFN4O13P3. The standard InChI is InChI=1S/C12H17ClFN4O13P3/c1-5(29-33(24,25)31-34(26,27)30-32(21,22)23)7-8(19)12(16,2-3-13)10(28-7)18-4-6(14)9(15)17-11(18)20/h4-5,7-8,10,19H,16H2,1H3,(H,24,25)(H,26,27)(H2,15,17,20)(H2,21,22,23)/t5-,7-,8+,10-,12?/m1/s1. The summed E-state index contributed by atoms with van der Waals surface area (Å²) in [6.07, 6.45) is -6.79. The SMILES string of the molecule is C[C@@H](OP(=O)(O)OP(=O)(O)OP(=O)(O)O)[C@H]1O[C@@H](n2cc(F)c(N)nc2=O)C(N)(C#CCl)[C@H]1O. The van der Waals surface area contributed by atoms with Crippen LogP contribution in [0.5, 0.6) is 0 Å². The van der Waals surface area contributed by atoms with Gasteiger partial charge in [-0.15, -0.1) is 0 Å². The normalized spacial score (nSPS) is 29.5. The molecule has 17 nitrogen and oxygen atoms in total. The van der Waals surface area contributed by atoms with Crippen LogP contribution in [0.25, 0.3) is 0 Å². The topological polar surface area (TPSA) is 276 Å². The van der Waals surface area contributed by atoms with Crippen LogP contribution < -0.4 is 17.2 Å². The number of rotatable bonds is 8. The summed E-state index contributed by atoms with van der Waals surface area (Å²) >= 11 is 5.37. The van der Waals surface area contributed by atoms with Crippen molar-refractivity contribution in [2.75, 3.05) is 5.73 Å². The van der Waals surface area contributed by atoms with E-state index < -0.39 is 70.9 Å². The minimum absolute atomic E-state index is 0.466. The van der Waals surface area contributed by atoms with Crippen molar-refractivity contribution in [3.63, 3.8) is 0 Å². The number of nitrogens with two attached hydrogens (primary N) is 2. The molecule has 9 N–H and O–H groups in total. The van der Waals surface area contributed by atoms with Gasteiger partial charge in [-0.25, -0.2) is 22.9 Å². The van der Waals surface area contributed by atoms with Gasteiger partial charge in [0.2, 0.25) is 0 Å². The Kier molecular flexibility index (Phi) is 8.54. The number of nitrogen functional groups attached to an aromatic ring is 1. The number of anilines is 1. The molecule has 0 bridgehead atoms. The average Bonchev–Trinajstić information content (AvgIpc) is 2.86. The molecule has 1 saturated heterocycles. The number of phosphoric ester groups is 1. The van der Waals surface area contributed by atoms with Gasteiger partial charge in [-0.1, -0.05) is 5.92 Å². The van der Waals surface area contributed by atoms with E-state index in [2.05, 4.69) is 24.0 Å². The highest BCUT2D eigenvalue weighted by molar-refractivity contribution is 7.66. The first-order chi connectivity index (χ1) is 15.3. The third-order valence-electron chi connectivity index (χ3n) is 4.12. The van der Waals surface area contributed by atoms with E-state index in [0.29, 0.717) is 10.8 Å². The van der Waals surface area contributed by atoms with E-state index in [1.54, 1.807) is 0 Å². The zero-order valence-electron chi connectivity index (χ0n) is 16.5. The fourth-order valence-corrected chi connectivity index (χ4v) is 6.19. The molecule has 0 aromatic carbocycles. The lowest BCUT2D eigenvalue weighted by Gasteiger charge is -2.28. The second-order valence-electron chi connectivity index (χ2n) is 6.62. The van der Waals surface area contributed by atoms with E-state index in [-0.39, 0.29) is 0 Å². The maximum absolute atomic E-state index is 13.9. The predicted octanol–water partition coefficient (Wildman–Crippen LogP) is -1.15. The van der Waals surface area contributed by atoms with Crippen LogP contribution in [0.1, 0.15) is 13.2 Å². The first-order valence-electron chi connectivity index (χ1n) is 8.43. The largest absolute Gasteiger partial charge is 0.490 e. The van der Waals surface area contributed by atoms with Crippen LogP contribution >= 0.6 is 35.1 Å². The van der Waals surface area contributed by atoms with Gasteiger partial charge in [0, 0.05) is 5.38 Å². The predicted molar refractivity (Wildman–Crippen MR) is 108 cm³/mol. The van der Waals surface area contributed by atoms with Crippen LogP contribution in [0.15, 0.2) is 11.0 Å². The Hall–Kier alpha value is -1.25. The number of ether oxygens (including phenoxy) is 1. The molecule has 1 aliphatic heterocycles. The molecule has 0 radical (unpaired) electrons. The van der Waals surface area contributed by atoms with Gasteiger partial charge >= 0.3 is 29.2 Å². The smallest absolute Gasteiger partial charge is 0.387 e. The second-order valence-corrected chi connectivity index (χ2v) is 11.2. The maximum Gasteiger partial charge on any atom is 0.490 e. The zero-order chi connectivity index (χ0) is 26.3. The van der Waals surface area contributed by atoms with Crippen molar-refractivity contribution in [3.05, 3.63) is 22.5 Å². The van der Waals surface area contributed by atoms with Gasteiger partial charge in [0.05, 0.1) is 12.3 Å². The number of hydrogen-bond donors (Lipinski definition) is 7. The second kappa shape index (κ2) is 10.0. The molecule has 1 aromatic rings. The van der Waals surface area contributed by atoms with Gasteiger partial charge in [0.1, 0.15) is 12.2 Å². The third kappa shape index (κ3) is 6.70. The molecule has 0 spiro atoms. The minimum Gasteiger partial charge on any atom is -0.387 e. The summed E-state index contributed by atoms with van der Waals surface area (Å²) < 4.78 is 65.7. The number of aromatic nitrogens is 2. The van der Waals surface area contributed by atoms with Crippen molar-refractivity contribution in [1.29, 1.82) is 0 Å². The first kappa shape index (κ1) is 29.0. The van der Waals surface area contributed by atoms with Gasteiger partial charge in [-0.2, -0.15) is 13.6 Å². The van der Waals surface area contributed by atoms with E-state index in [9.17, 15) is 37.8 Å². The highest BCUT2D eigenvalue weighted by atomic mass is 35.5. The molecule has 0 amide bonds. The molecule has 1 aliphatic rings. The van der Waals surface area contributed by atoms with E-state index in [0.717, 1.165) is 6.92 Å². The fraction of sp³-hybridized carbons (Fsp3) is 0.500. The Morgan fingerprint density at radius 2 is 1.88 bits per heavy atom. The number of aliphatic hydroxyl groups is 1. The lowest BCUT2D eigenvalue weighted by molar-refractivity contribution is -0.0756. The van der Waals surface area contributed by atoms with Crippen LogP contribution in [0.2, 0.25) is 0 Å². The monoisotopic (exact) mass is 572 g/mol.